The van der Waals surface area contributed by atoms with Crippen LogP contribution in [0.2, 0.25) is 0 Å². The van der Waals surface area contributed by atoms with E-state index in [2.05, 4.69) is 30.7 Å². The third-order valence-corrected chi connectivity index (χ3v) is 3.77. The number of hydrogen-bond acceptors (Lipinski definition) is 3. The predicted molar refractivity (Wildman–Crippen MR) is 79.8 cm³/mol. The van der Waals surface area contributed by atoms with Gasteiger partial charge in [-0.1, -0.05) is 32.0 Å². The molecule has 0 saturated carbocycles. The van der Waals surface area contributed by atoms with Crippen LogP contribution in [-0.4, -0.2) is 24.4 Å². The minimum Gasteiger partial charge on any atom is -0.356 e. The third kappa shape index (κ3) is 2.60. The van der Waals surface area contributed by atoms with Gasteiger partial charge in [0.15, 0.2) is 6.29 Å². The molecule has 0 N–H and O–H groups in total. The molecule has 1 aromatic heterocycles. The number of anilines is 1. The lowest BCUT2D eigenvalue weighted by Crippen LogP contribution is -2.34. The van der Waals surface area contributed by atoms with E-state index in [0.29, 0.717) is 17.5 Å². The maximum Gasteiger partial charge on any atom is 0.153 e. The van der Waals surface area contributed by atoms with Crippen LogP contribution in [-0.2, 0) is 0 Å². The van der Waals surface area contributed by atoms with Gasteiger partial charge in [0.05, 0.1) is 11.1 Å². The standard InChI is InChI=1S/C16H20N2O/c1-11(2)12(3)18(4)16-14(10-19)9-13-7-5-6-8-15(13)17-16/h5-12H,1-4H3. The molecule has 2 rings (SSSR count). The lowest BCUT2D eigenvalue weighted by Gasteiger charge is -2.30. The summed E-state index contributed by atoms with van der Waals surface area (Å²) in [6.07, 6.45) is 0.887. The number of carbonyl (C=O) groups excluding carboxylic acids is 1. The summed E-state index contributed by atoms with van der Waals surface area (Å²) in [5, 5.41) is 0.999. The number of para-hydroxylation sites is 1. The van der Waals surface area contributed by atoms with Crippen molar-refractivity contribution in [2.75, 3.05) is 11.9 Å². The summed E-state index contributed by atoms with van der Waals surface area (Å²) in [5.41, 5.74) is 1.57. The van der Waals surface area contributed by atoms with E-state index >= 15 is 0 Å². The zero-order valence-electron chi connectivity index (χ0n) is 11.9. The van der Waals surface area contributed by atoms with Crippen molar-refractivity contribution in [1.29, 1.82) is 0 Å². The van der Waals surface area contributed by atoms with E-state index in [0.717, 1.165) is 23.0 Å². The highest BCUT2D eigenvalue weighted by molar-refractivity contribution is 5.91. The van der Waals surface area contributed by atoms with Crippen LogP contribution in [0.25, 0.3) is 10.9 Å². The van der Waals surface area contributed by atoms with E-state index in [4.69, 9.17) is 0 Å². The van der Waals surface area contributed by atoms with E-state index in [-0.39, 0.29) is 0 Å². The van der Waals surface area contributed by atoms with E-state index < -0.39 is 0 Å². The molecule has 1 aromatic carbocycles. The monoisotopic (exact) mass is 256 g/mol. The van der Waals surface area contributed by atoms with E-state index in [1.807, 2.05) is 37.4 Å². The van der Waals surface area contributed by atoms with Crippen molar-refractivity contribution in [3.8, 4) is 0 Å². The van der Waals surface area contributed by atoms with Crippen molar-refractivity contribution < 1.29 is 4.79 Å². The Bertz CT molecular complexity index is 592. The fraction of sp³-hybridized carbons (Fsp3) is 0.375. The number of carbonyl (C=O) groups is 1. The highest BCUT2D eigenvalue weighted by Crippen LogP contribution is 2.24. The molecule has 0 radical (unpaired) electrons. The van der Waals surface area contributed by atoms with Crippen molar-refractivity contribution in [1.82, 2.24) is 4.98 Å². The smallest absolute Gasteiger partial charge is 0.153 e. The molecule has 19 heavy (non-hydrogen) atoms. The minimum atomic E-state index is 0.326. The number of nitrogens with zero attached hydrogens (tertiary/aromatic N) is 2. The Hall–Kier alpha value is -1.90. The summed E-state index contributed by atoms with van der Waals surface area (Å²) < 4.78 is 0. The molecule has 0 aliphatic carbocycles. The van der Waals surface area contributed by atoms with Crippen LogP contribution in [0.15, 0.2) is 30.3 Å². The van der Waals surface area contributed by atoms with E-state index in [1.54, 1.807) is 0 Å². The molecule has 1 heterocycles. The highest BCUT2D eigenvalue weighted by Gasteiger charge is 2.18. The van der Waals surface area contributed by atoms with Crippen LogP contribution in [0, 0.1) is 5.92 Å². The Balaban J connectivity index is 2.55. The summed E-state index contributed by atoms with van der Waals surface area (Å²) in [6, 6.07) is 10.1. The Kier molecular flexibility index (Phi) is 3.84. The zero-order chi connectivity index (χ0) is 14.0. The first-order valence-corrected chi connectivity index (χ1v) is 6.62. The second-order valence-corrected chi connectivity index (χ2v) is 5.31. The predicted octanol–water partition coefficient (Wildman–Crippen LogP) is 3.53. The molecule has 2 aromatic rings. The lowest BCUT2D eigenvalue weighted by atomic mass is 10.0. The molecule has 1 unspecified atom stereocenters. The number of pyridine rings is 1. The molecule has 0 amide bonds. The van der Waals surface area contributed by atoms with Crippen LogP contribution < -0.4 is 4.90 Å². The van der Waals surface area contributed by atoms with Crippen LogP contribution in [0.5, 0.6) is 0 Å². The van der Waals surface area contributed by atoms with Gasteiger partial charge in [-0.2, -0.15) is 0 Å². The summed E-state index contributed by atoms with van der Waals surface area (Å²) in [6.45, 7) is 6.49. The largest absolute Gasteiger partial charge is 0.356 e. The second-order valence-electron chi connectivity index (χ2n) is 5.31. The Morgan fingerprint density at radius 3 is 2.53 bits per heavy atom. The molecule has 1 atom stereocenters. The van der Waals surface area contributed by atoms with Crippen molar-refractivity contribution in [2.45, 2.75) is 26.8 Å². The SMILES string of the molecule is CC(C)C(C)N(C)c1nc2ccccc2cc1C=O. The van der Waals surface area contributed by atoms with Crippen LogP contribution in [0.3, 0.4) is 0 Å². The molecule has 3 heteroatoms. The Labute approximate surface area is 114 Å². The number of benzene rings is 1. The minimum absolute atomic E-state index is 0.326. The molecular formula is C16H20N2O. The van der Waals surface area contributed by atoms with Crippen molar-refractivity contribution in [3.05, 3.63) is 35.9 Å². The van der Waals surface area contributed by atoms with Gasteiger partial charge in [0.2, 0.25) is 0 Å². The molecule has 0 fully saturated rings. The Morgan fingerprint density at radius 1 is 1.21 bits per heavy atom. The number of fused-ring (bicyclic) bond motifs is 1. The molecule has 0 aliphatic heterocycles. The van der Waals surface area contributed by atoms with Gasteiger partial charge in [0, 0.05) is 18.5 Å². The quantitative estimate of drug-likeness (QED) is 0.785. The van der Waals surface area contributed by atoms with Gasteiger partial charge in [-0.05, 0) is 25.0 Å². The first kappa shape index (κ1) is 13.5. The summed E-state index contributed by atoms with van der Waals surface area (Å²) in [7, 11) is 1.99. The molecular weight excluding hydrogens is 236 g/mol. The molecule has 0 saturated heterocycles. The maximum atomic E-state index is 11.3. The molecule has 0 bridgehead atoms. The van der Waals surface area contributed by atoms with Gasteiger partial charge in [-0.25, -0.2) is 4.98 Å². The van der Waals surface area contributed by atoms with Crippen LogP contribution >= 0.6 is 0 Å². The average Bonchev–Trinajstić information content (AvgIpc) is 2.44. The fourth-order valence-corrected chi connectivity index (χ4v) is 2.13. The van der Waals surface area contributed by atoms with Gasteiger partial charge in [0.1, 0.15) is 5.82 Å². The normalized spacial score (nSPS) is 12.7. The highest BCUT2D eigenvalue weighted by atomic mass is 16.1. The van der Waals surface area contributed by atoms with Crippen LogP contribution in [0.4, 0.5) is 5.82 Å². The summed E-state index contributed by atoms with van der Waals surface area (Å²) >= 11 is 0. The molecule has 100 valence electrons. The van der Waals surface area contributed by atoms with Gasteiger partial charge < -0.3 is 4.90 Å². The van der Waals surface area contributed by atoms with Crippen molar-refractivity contribution >= 4 is 23.0 Å². The molecule has 0 aliphatic rings. The van der Waals surface area contributed by atoms with Gasteiger partial charge in [0.25, 0.3) is 0 Å². The maximum absolute atomic E-state index is 11.3. The third-order valence-electron chi connectivity index (χ3n) is 3.77. The number of rotatable bonds is 4. The topological polar surface area (TPSA) is 33.2 Å². The summed E-state index contributed by atoms with van der Waals surface area (Å²) in [5.74, 6) is 1.26. The number of hydrogen-bond donors (Lipinski definition) is 0. The average molecular weight is 256 g/mol. The lowest BCUT2D eigenvalue weighted by molar-refractivity contribution is 0.112. The molecule has 3 nitrogen and oxygen atoms in total. The van der Waals surface area contributed by atoms with E-state index in [9.17, 15) is 4.79 Å². The van der Waals surface area contributed by atoms with Crippen molar-refractivity contribution in [3.63, 3.8) is 0 Å². The van der Waals surface area contributed by atoms with Gasteiger partial charge >= 0.3 is 0 Å². The Morgan fingerprint density at radius 2 is 1.89 bits per heavy atom. The number of aromatic nitrogens is 1. The summed E-state index contributed by atoms with van der Waals surface area (Å²) in [4.78, 5) is 18.0. The van der Waals surface area contributed by atoms with Crippen molar-refractivity contribution in [2.24, 2.45) is 5.92 Å². The fourth-order valence-electron chi connectivity index (χ4n) is 2.13. The first-order valence-electron chi connectivity index (χ1n) is 6.62. The van der Waals surface area contributed by atoms with Gasteiger partial charge in [-0.15, -0.1) is 0 Å². The molecule has 0 spiro atoms. The zero-order valence-corrected chi connectivity index (χ0v) is 11.9. The second kappa shape index (κ2) is 5.39. The number of aldehydes is 1. The van der Waals surface area contributed by atoms with Crippen LogP contribution in [0.1, 0.15) is 31.1 Å². The van der Waals surface area contributed by atoms with E-state index in [1.165, 1.54) is 0 Å². The first-order chi connectivity index (χ1) is 9.04. The van der Waals surface area contributed by atoms with Gasteiger partial charge in [-0.3, -0.25) is 4.79 Å².